The summed E-state index contributed by atoms with van der Waals surface area (Å²) in [6.07, 6.45) is 0. The van der Waals surface area contributed by atoms with E-state index in [0.29, 0.717) is 21.8 Å². The normalized spacial score (nSPS) is 11.3. The van der Waals surface area contributed by atoms with Crippen molar-refractivity contribution in [3.05, 3.63) is 64.0 Å². The van der Waals surface area contributed by atoms with Gasteiger partial charge in [-0.3, -0.25) is 4.79 Å². The highest BCUT2D eigenvalue weighted by atomic mass is 32.2. The second kappa shape index (κ2) is 8.29. The highest BCUT2D eigenvalue weighted by Gasteiger charge is 2.14. The van der Waals surface area contributed by atoms with E-state index < -0.39 is 0 Å². The van der Waals surface area contributed by atoms with Crippen LogP contribution in [0.5, 0.6) is 5.75 Å². The van der Waals surface area contributed by atoms with Crippen LogP contribution in [0.2, 0.25) is 0 Å². The van der Waals surface area contributed by atoms with Gasteiger partial charge in [0.25, 0.3) is 5.56 Å². The molecular formula is C21H17N5O2S3. The Labute approximate surface area is 189 Å². The standard InChI is InChI=1S/C21H17N5O2S3/c1-26-19(15-4-3-9-29-15)24-25-21(26)30-11-17-22-14-10-16(31-18(14)20(27)23-17)12-5-7-13(28-2)8-6-12/h3-10H,11H2,1-2H3,(H,22,23,27). The maximum absolute atomic E-state index is 12.6. The Hall–Kier alpha value is -2.95. The van der Waals surface area contributed by atoms with Crippen LogP contribution in [0.3, 0.4) is 0 Å². The van der Waals surface area contributed by atoms with Crippen molar-refractivity contribution in [2.24, 2.45) is 7.05 Å². The number of fused-ring (bicyclic) bond motifs is 1. The highest BCUT2D eigenvalue weighted by Crippen LogP contribution is 2.32. The van der Waals surface area contributed by atoms with Crippen molar-refractivity contribution in [3.63, 3.8) is 0 Å². The fourth-order valence-electron chi connectivity index (χ4n) is 3.15. The Morgan fingerprint density at radius 1 is 1.16 bits per heavy atom. The largest absolute Gasteiger partial charge is 0.497 e. The summed E-state index contributed by atoms with van der Waals surface area (Å²) in [4.78, 5) is 22.3. The van der Waals surface area contributed by atoms with Crippen molar-refractivity contribution < 1.29 is 4.74 Å². The van der Waals surface area contributed by atoms with Crippen LogP contribution in [-0.2, 0) is 12.8 Å². The molecule has 156 valence electrons. The Morgan fingerprint density at radius 2 is 2.00 bits per heavy atom. The Balaban J connectivity index is 1.39. The summed E-state index contributed by atoms with van der Waals surface area (Å²) in [5.74, 6) is 2.74. The topological polar surface area (TPSA) is 85.7 Å². The number of aromatic nitrogens is 5. The van der Waals surface area contributed by atoms with E-state index in [1.54, 1.807) is 18.4 Å². The summed E-state index contributed by atoms with van der Waals surface area (Å²) in [6.45, 7) is 0. The van der Waals surface area contributed by atoms with Crippen molar-refractivity contribution in [2.45, 2.75) is 10.9 Å². The number of hydrogen-bond donors (Lipinski definition) is 1. The molecule has 1 aromatic carbocycles. The zero-order chi connectivity index (χ0) is 21.4. The van der Waals surface area contributed by atoms with Crippen LogP contribution in [-0.4, -0.2) is 31.8 Å². The van der Waals surface area contributed by atoms with Crippen LogP contribution in [0.4, 0.5) is 0 Å². The number of aromatic amines is 1. The lowest BCUT2D eigenvalue weighted by molar-refractivity contribution is 0.415. The van der Waals surface area contributed by atoms with Crippen molar-refractivity contribution in [1.82, 2.24) is 24.7 Å². The van der Waals surface area contributed by atoms with E-state index >= 15 is 0 Å². The van der Waals surface area contributed by atoms with E-state index in [4.69, 9.17) is 4.74 Å². The number of benzene rings is 1. The molecule has 0 aliphatic heterocycles. The van der Waals surface area contributed by atoms with Crippen LogP contribution in [0.25, 0.3) is 31.4 Å². The molecule has 4 heterocycles. The van der Waals surface area contributed by atoms with Crippen molar-refractivity contribution >= 4 is 44.7 Å². The van der Waals surface area contributed by atoms with E-state index in [-0.39, 0.29) is 5.56 Å². The van der Waals surface area contributed by atoms with Gasteiger partial charge in [-0.1, -0.05) is 17.8 Å². The third kappa shape index (κ3) is 3.89. The molecule has 0 unspecified atom stereocenters. The molecule has 7 nitrogen and oxygen atoms in total. The minimum Gasteiger partial charge on any atom is -0.497 e. The summed E-state index contributed by atoms with van der Waals surface area (Å²) in [5.41, 5.74) is 1.61. The first-order valence-corrected chi connectivity index (χ1v) is 12.0. The van der Waals surface area contributed by atoms with E-state index in [1.165, 1.54) is 23.1 Å². The highest BCUT2D eigenvalue weighted by molar-refractivity contribution is 7.98. The molecule has 1 N–H and O–H groups in total. The first-order chi connectivity index (χ1) is 15.1. The number of methoxy groups -OCH3 is 1. The van der Waals surface area contributed by atoms with Gasteiger partial charge in [0.2, 0.25) is 0 Å². The second-order valence-corrected chi connectivity index (χ2v) is 9.64. The molecule has 0 spiro atoms. The lowest BCUT2D eigenvalue weighted by Crippen LogP contribution is -2.09. The van der Waals surface area contributed by atoms with E-state index in [2.05, 4.69) is 20.2 Å². The van der Waals surface area contributed by atoms with Gasteiger partial charge in [-0.05, 0) is 47.3 Å². The second-order valence-electron chi connectivity index (χ2n) is 6.70. The predicted molar refractivity (Wildman–Crippen MR) is 126 cm³/mol. The van der Waals surface area contributed by atoms with Crippen molar-refractivity contribution in [3.8, 4) is 26.9 Å². The van der Waals surface area contributed by atoms with Crippen LogP contribution >= 0.6 is 34.4 Å². The van der Waals surface area contributed by atoms with E-state index in [0.717, 1.165) is 32.0 Å². The number of ether oxygens (including phenoxy) is 1. The van der Waals surface area contributed by atoms with Gasteiger partial charge in [0.05, 0.1) is 23.3 Å². The predicted octanol–water partition coefficient (Wildman–Crippen LogP) is 4.81. The van der Waals surface area contributed by atoms with Gasteiger partial charge < -0.3 is 14.3 Å². The first-order valence-electron chi connectivity index (χ1n) is 9.35. The molecule has 5 rings (SSSR count). The molecule has 0 saturated carbocycles. The van der Waals surface area contributed by atoms with Gasteiger partial charge >= 0.3 is 0 Å². The molecule has 0 atom stereocenters. The summed E-state index contributed by atoms with van der Waals surface area (Å²) in [7, 11) is 3.58. The van der Waals surface area contributed by atoms with Crippen LogP contribution in [0.15, 0.2) is 57.8 Å². The third-order valence-corrected chi connectivity index (χ3v) is 7.79. The SMILES string of the molecule is COc1ccc(-c2cc3nc(CSc4nnc(-c5cccs5)n4C)[nH]c(=O)c3s2)cc1. The minimum absolute atomic E-state index is 0.123. The summed E-state index contributed by atoms with van der Waals surface area (Å²) in [5, 5.41) is 11.4. The summed E-state index contributed by atoms with van der Waals surface area (Å²) < 4.78 is 7.80. The molecule has 0 amide bonds. The fraction of sp³-hybridized carbons (Fsp3) is 0.143. The van der Waals surface area contributed by atoms with Gasteiger partial charge in [0, 0.05) is 11.9 Å². The average Bonchev–Trinajstić information content (AvgIpc) is 3.52. The van der Waals surface area contributed by atoms with Crippen molar-refractivity contribution in [1.29, 1.82) is 0 Å². The summed E-state index contributed by atoms with van der Waals surface area (Å²) in [6, 6.07) is 13.7. The maximum Gasteiger partial charge on any atom is 0.268 e. The smallest absolute Gasteiger partial charge is 0.268 e. The number of thioether (sulfide) groups is 1. The van der Waals surface area contributed by atoms with Crippen LogP contribution in [0.1, 0.15) is 5.82 Å². The molecule has 0 aliphatic carbocycles. The molecule has 10 heteroatoms. The van der Waals surface area contributed by atoms with E-state index in [1.807, 2.05) is 59.5 Å². The average molecular weight is 468 g/mol. The lowest BCUT2D eigenvalue weighted by Gasteiger charge is -2.02. The zero-order valence-electron chi connectivity index (χ0n) is 16.7. The Kier molecular flexibility index (Phi) is 5.34. The maximum atomic E-state index is 12.6. The van der Waals surface area contributed by atoms with Gasteiger partial charge in [-0.25, -0.2) is 4.98 Å². The van der Waals surface area contributed by atoms with E-state index in [9.17, 15) is 4.79 Å². The van der Waals surface area contributed by atoms with Gasteiger partial charge in [0.15, 0.2) is 11.0 Å². The molecule has 0 aliphatic rings. The fourth-order valence-corrected chi connectivity index (χ4v) is 5.67. The van der Waals surface area contributed by atoms with Crippen LogP contribution < -0.4 is 10.3 Å². The monoisotopic (exact) mass is 467 g/mol. The van der Waals surface area contributed by atoms with Crippen molar-refractivity contribution in [2.75, 3.05) is 7.11 Å². The number of hydrogen-bond acceptors (Lipinski definition) is 8. The number of nitrogens with one attached hydrogen (secondary N) is 1. The molecule has 4 aromatic heterocycles. The third-order valence-electron chi connectivity index (χ3n) is 4.72. The number of rotatable bonds is 6. The lowest BCUT2D eigenvalue weighted by atomic mass is 10.2. The molecular weight excluding hydrogens is 450 g/mol. The number of thiophene rings is 2. The Morgan fingerprint density at radius 3 is 2.74 bits per heavy atom. The van der Waals surface area contributed by atoms with Gasteiger partial charge in [-0.2, -0.15) is 0 Å². The molecule has 0 bridgehead atoms. The Bertz CT molecular complexity index is 1400. The molecule has 0 radical (unpaired) electrons. The first kappa shape index (κ1) is 20.0. The van der Waals surface area contributed by atoms with Gasteiger partial charge in [0.1, 0.15) is 16.3 Å². The quantitative estimate of drug-likeness (QED) is 0.361. The molecule has 5 aromatic rings. The molecule has 31 heavy (non-hydrogen) atoms. The van der Waals surface area contributed by atoms with Gasteiger partial charge in [-0.15, -0.1) is 32.9 Å². The molecule has 0 saturated heterocycles. The number of H-pyrrole nitrogens is 1. The zero-order valence-corrected chi connectivity index (χ0v) is 19.1. The van der Waals surface area contributed by atoms with Crippen LogP contribution in [0, 0.1) is 0 Å². The minimum atomic E-state index is -0.123. The number of nitrogens with zero attached hydrogens (tertiary/aromatic N) is 4. The summed E-state index contributed by atoms with van der Waals surface area (Å²) >= 11 is 4.56. The molecule has 0 fully saturated rings.